The van der Waals surface area contributed by atoms with E-state index in [2.05, 4.69) is 60.6 Å². The Bertz CT molecular complexity index is 1470. The number of hydrogen-bond donors (Lipinski definition) is 7. The predicted octanol–water partition coefficient (Wildman–Crippen LogP) is 2.80. The molecular weight excluding hydrogens is 696 g/mol. The van der Waals surface area contributed by atoms with Crippen LogP contribution in [0.15, 0.2) is 12.2 Å². The first-order valence-corrected chi connectivity index (χ1v) is 20.8. The normalized spacial score (nSPS) is 58.8. The van der Waals surface area contributed by atoms with Gasteiger partial charge in [-0.3, -0.25) is 0 Å². The Labute approximate surface area is 320 Å². The lowest BCUT2D eigenvalue weighted by Gasteiger charge is -2.73. The van der Waals surface area contributed by atoms with Crippen molar-refractivity contribution in [2.45, 2.75) is 186 Å². The van der Waals surface area contributed by atoms with Gasteiger partial charge in [-0.15, -0.1) is 0 Å². The maximum absolute atomic E-state index is 12.1. The van der Waals surface area contributed by atoms with Gasteiger partial charge < -0.3 is 59.4 Å². The van der Waals surface area contributed by atoms with Gasteiger partial charge in [-0.05, 0) is 91.8 Å². The van der Waals surface area contributed by atoms with Gasteiger partial charge in [0, 0.05) is 16.7 Å². The van der Waals surface area contributed by atoms with Crippen molar-refractivity contribution >= 4 is 0 Å². The fraction of sp³-hybridized carbons (Fsp3) is 0.952. The van der Waals surface area contributed by atoms with Gasteiger partial charge in [-0.1, -0.05) is 60.6 Å². The van der Waals surface area contributed by atoms with Gasteiger partial charge in [-0.2, -0.15) is 0 Å². The average molecular weight is 765 g/mol. The summed E-state index contributed by atoms with van der Waals surface area (Å²) in [5.74, 6) is 0.835. The minimum absolute atomic E-state index is 0.0638. The van der Waals surface area contributed by atoms with Crippen LogP contribution in [0.3, 0.4) is 0 Å². The van der Waals surface area contributed by atoms with Crippen LogP contribution in [0.1, 0.15) is 107 Å². The second kappa shape index (κ2) is 12.9. The van der Waals surface area contributed by atoms with Crippen molar-refractivity contribution < 1.29 is 59.4 Å². The molecule has 3 heterocycles. The SMILES string of the molecule is C[C@H]1O[C@@H](O[C@H]2CC[C@@]3(C)[C@H](CC[C@]4(C)[C@@H]3C=C[C@]35OC[C@@]6(CCC(C)(C)C[C@@H]63)[C@@H](O)C[C@]54C)C2(C)C)[C@H](O)[C@H](O[C@@H]2O[C@H](CO)[C@@H](O)[C@@H](O)[C@H]2O)[C@H]1O. The molecule has 3 saturated heterocycles. The molecule has 4 saturated carbocycles. The van der Waals surface area contributed by atoms with Gasteiger partial charge in [0.1, 0.15) is 42.7 Å². The summed E-state index contributed by atoms with van der Waals surface area (Å²) in [4.78, 5) is 0. The Kier molecular flexibility index (Phi) is 9.55. The van der Waals surface area contributed by atoms with E-state index in [0.717, 1.165) is 51.4 Å². The summed E-state index contributed by atoms with van der Waals surface area (Å²) in [6.45, 7) is 18.3. The molecular formula is C42H68O12. The number of aliphatic hydroxyl groups excluding tert-OH is 7. The van der Waals surface area contributed by atoms with Crippen LogP contribution in [0.2, 0.25) is 0 Å². The molecule has 0 aromatic rings. The second-order valence-corrected chi connectivity index (χ2v) is 21.1. The van der Waals surface area contributed by atoms with Crippen molar-refractivity contribution in [1.29, 1.82) is 0 Å². The number of aliphatic hydroxyl groups is 7. The Balaban J connectivity index is 1.03. The van der Waals surface area contributed by atoms with E-state index in [4.69, 9.17) is 23.7 Å². The van der Waals surface area contributed by atoms with E-state index in [1.165, 1.54) is 0 Å². The van der Waals surface area contributed by atoms with Gasteiger partial charge in [0.05, 0.1) is 37.1 Å². The standard InChI is InChI=1S/C42H68O12/c1-21-28(45)33(54-34-31(48)30(47)29(46)22(19-43)52-34)32(49)35(51-21)53-27-11-12-38(6)23(37(27,4)5)9-13-39(7)24(38)10-14-42-25-17-36(2,3)15-16-41(25,20-50-42)26(44)18-40(39,42)8/h10,14,21-35,43-49H,9,11-13,15-20H2,1-8H3/t21-,22-,23-,24-,25+,26+,27+,28+,29-,30-,31-,32-,33-,34+,35+,38+,39-,40+,41-,42+/m1/s1. The van der Waals surface area contributed by atoms with Crippen LogP contribution in [0, 0.1) is 50.2 Å². The molecule has 0 aromatic carbocycles. The molecule has 2 bridgehead atoms. The van der Waals surface area contributed by atoms with Crippen LogP contribution in [-0.2, 0) is 23.7 Å². The molecule has 20 atom stereocenters. The van der Waals surface area contributed by atoms with Crippen molar-refractivity contribution in [3.05, 3.63) is 12.2 Å². The third-order valence-electron chi connectivity index (χ3n) is 17.8. The zero-order chi connectivity index (χ0) is 39.2. The van der Waals surface area contributed by atoms with Crippen LogP contribution in [0.5, 0.6) is 0 Å². The number of allylic oxidation sites excluding steroid dienone is 1. The topological polar surface area (TPSA) is 188 Å². The van der Waals surface area contributed by atoms with Gasteiger partial charge in [-0.25, -0.2) is 0 Å². The quantitative estimate of drug-likeness (QED) is 0.161. The number of ether oxygens (including phenoxy) is 5. The first-order chi connectivity index (χ1) is 25.1. The molecule has 8 rings (SSSR count). The molecule has 3 aliphatic heterocycles. The summed E-state index contributed by atoms with van der Waals surface area (Å²) in [5.41, 5.74) is -1.08. The van der Waals surface area contributed by atoms with E-state index < -0.39 is 73.6 Å². The molecule has 0 unspecified atom stereocenters. The maximum atomic E-state index is 12.1. The Morgan fingerprint density at radius 3 is 2.13 bits per heavy atom. The first-order valence-electron chi connectivity index (χ1n) is 20.8. The fourth-order valence-electron chi connectivity index (χ4n) is 14.3. The predicted molar refractivity (Wildman–Crippen MR) is 195 cm³/mol. The molecule has 0 aromatic heterocycles. The van der Waals surface area contributed by atoms with Gasteiger partial charge in [0.2, 0.25) is 0 Å². The van der Waals surface area contributed by atoms with E-state index in [0.29, 0.717) is 12.5 Å². The Morgan fingerprint density at radius 2 is 1.43 bits per heavy atom. The molecule has 8 aliphatic rings. The summed E-state index contributed by atoms with van der Waals surface area (Å²) in [6, 6.07) is 0. The van der Waals surface area contributed by atoms with Crippen molar-refractivity contribution in [3.8, 4) is 0 Å². The molecule has 7 N–H and O–H groups in total. The smallest absolute Gasteiger partial charge is 0.187 e. The summed E-state index contributed by atoms with van der Waals surface area (Å²) in [6.07, 6.45) is -1.83. The minimum atomic E-state index is -1.69. The lowest BCUT2D eigenvalue weighted by molar-refractivity contribution is -0.366. The molecule has 1 spiro atoms. The number of hydrogen-bond acceptors (Lipinski definition) is 12. The molecule has 54 heavy (non-hydrogen) atoms. The van der Waals surface area contributed by atoms with E-state index in [-0.39, 0.29) is 56.5 Å². The highest BCUT2D eigenvalue weighted by molar-refractivity contribution is 5.36. The van der Waals surface area contributed by atoms with E-state index in [9.17, 15) is 35.7 Å². The highest BCUT2D eigenvalue weighted by Crippen LogP contribution is 2.79. The van der Waals surface area contributed by atoms with Gasteiger partial charge in [0.25, 0.3) is 0 Å². The zero-order valence-corrected chi connectivity index (χ0v) is 33.6. The van der Waals surface area contributed by atoms with Crippen molar-refractivity contribution in [3.63, 3.8) is 0 Å². The van der Waals surface area contributed by atoms with E-state index >= 15 is 0 Å². The van der Waals surface area contributed by atoms with Crippen LogP contribution in [0.25, 0.3) is 0 Å². The zero-order valence-electron chi connectivity index (χ0n) is 33.6. The van der Waals surface area contributed by atoms with Crippen LogP contribution in [-0.4, -0.2) is 128 Å². The highest BCUT2D eigenvalue weighted by atomic mass is 16.7. The van der Waals surface area contributed by atoms with Crippen LogP contribution < -0.4 is 0 Å². The fourth-order valence-corrected chi connectivity index (χ4v) is 14.3. The second-order valence-electron chi connectivity index (χ2n) is 21.1. The molecule has 0 radical (unpaired) electrons. The summed E-state index contributed by atoms with van der Waals surface area (Å²) >= 11 is 0. The largest absolute Gasteiger partial charge is 0.394 e. The summed E-state index contributed by atoms with van der Waals surface area (Å²) < 4.78 is 31.4. The maximum Gasteiger partial charge on any atom is 0.187 e. The molecule has 7 fully saturated rings. The highest BCUT2D eigenvalue weighted by Gasteiger charge is 2.79. The van der Waals surface area contributed by atoms with E-state index in [1.807, 2.05) is 0 Å². The molecule has 0 amide bonds. The summed E-state index contributed by atoms with van der Waals surface area (Å²) in [7, 11) is 0. The van der Waals surface area contributed by atoms with Crippen LogP contribution >= 0.6 is 0 Å². The minimum Gasteiger partial charge on any atom is -0.394 e. The van der Waals surface area contributed by atoms with Crippen molar-refractivity contribution in [1.82, 2.24) is 0 Å². The van der Waals surface area contributed by atoms with Crippen molar-refractivity contribution in [2.75, 3.05) is 13.2 Å². The third-order valence-corrected chi connectivity index (χ3v) is 17.8. The molecule has 12 nitrogen and oxygen atoms in total. The Morgan fingerprint density at radius 1 is 0.722 bits per heavy atom. The van der Waals surface area contributed by atoms with Gasteiger partial charge >= 0.3 is 0 Å². The molecule has 5 aliphatic carbocycles. The Hall–Kier alpha value is -0.740. The monoisotopic (exact) mass is 764 g/mol. The van der Waals surface area contributed by atoms with Crippen LogP contribution in [0.4, 0.5) is 0 Å². The lowest BCUT2D eigenvalue weighted by atomic mass is 9.32. The van der Waals surface area contributed by atoms with E-state index in [1.54, 1.807) is 6.92 Å². The number of fused-ring (bicyclic) bond motifs is 4. The lowest BCUT2D eigenvalue weighted by Crippen LogP contribution is -2.72. The third kappa shape index (κ3) is 5.24. The van der Waals surface area contributed by atoms with Crippen molar-refractivity contribution in [2.24, 2.45) is 50.2 Å². The molecule has 308 valence electrons. The number of rotatable bonds is 5. The average Bonchev–Trinajstić information content (AvgIpc) is 3.38. The first kappa shape index (κ1) is 40.1. The molecule has 12 heteroatoms. The summed E-state index contributed by atoms with van der Waals surface area (Å²) in [5, 5.41) is 75.6. The van der Waals surface area contributed by atoms with Gasteiger partial charge in [0.15, 0.2) is 12.6 Å².